The molecule has 2 N–H and O–H groups in total. The number of carbonyl (C=O) groups excluding carboxylic acids is 1. The Kier molecular flexibility index (Phi) is 6.03. The van der Waals surface area contributed by atoms with Crippen LogP contribution in [0.3, 0.4) is 0 Å². The van der Waals surface area contributed by atoms with Crippen molar-refractivity contribution in [1.29, 1.82) is 0 Å². The molecule has 0 aliphatic carbocycles. The number of carbonyl (C=O) groups is 1. The molecule has 36 heavy (non-hydrogen) atoms. The number of piperazine rings is 1. The molecule has 2 aromatic heterocycles. The number of H-pyrrole nitrogens is 1. The monoisotopic (exact) mass is 495 g/mol. The predicted octanol–water partition coefficient (Wildman–Crippen LogP) is 4.02. The normalized spacial score (nSPS) is 21.8. The fourth-order valence-electron chi connectivity index (χ4n) is 5.51. The third kappa shape index (κ3) is 4.35. The first kappa shape index (κ1) is 24.6. The van der Waals surface area contributed by atoms with Crippen molar-refractivity contribution in [2.24, 2.45) is 5.92 Å². The van der Waals surface area contributed by atoms with Gasteiger partial charge in [0, 0.05) is 54.5 Å². The molecule has 9 heteroatoms. The first-order valence-corrected chi connectivity index (χ1v) is 12.4. The first-order valence-electron chi connectivity index (χ1n) is 12.4. The summed E-state index contributed by atoms with van der Waals surface area (Å²) >= 11 is 0. The zero-order valence-corrected chi connectivity index (χ0v) is 21.6. The molecule has 1 atom stereocenters. The number of pyridine rings is 1. The summed E-state index contributed by atoms with van der Waals surface area (Å²) in [7, 11) is 0. The van der Waals surface area contributed by atoms with Gasteiger partial charge in [0.1, 0.15) is 11.6 Å². The number of ether oxygens (including phenoxy) is 1. The average molecular weight is 496 g/mol. The number of hydrogen-bond acceptors (Lipinski definition) is 6. The van der Waals surface area contributed by atoms with Crippen molar-refractivity contribution in [3.63, 3.8) is 0 Å². The molecule has 2 saturated heterocycles. The lowest BCUT2D eigenvalue weighted by Gasteiger charge is -2.55. The molecule has 1 amide bonds. The van der Waals surface area contributed by atoms with E-state index in [0.29, 0.717) is 49.8 Å². The fourth-order valence-corrected chi connectivity index (χ4v) is 5.51. The van der Waals surface area contributed by atoms with Crippen molar-refractivity contribution in [3.05, 3.63) is 41.3 Å². The molecule has 1 aromatic carbocycles. The molecule has 0 bridgehead atoms. The van der Waals surface area contributed by atoms with Gasteiger partial charge in [-0.25, -0.2) is 9.37 Å². The number of phenolic OH excluding ortho intramolecular Hbond substituents is 1. The summed E-state index contributed by atoms with van der Waals surface area (Å²) in [4.78, 5) is 22.4. The minimum Gasteiger partial charge on any atom is -0.508 e. The van der Waals surface area contributed by atoms with E-state index in [1.165, 1.54) is 12.1 Å². The van der Waals surface area contributed by atoms with Gasteiger partial charge in [-0.2, -0.15) is 5.10 Å². The van der Waals surface area contributed by atoms with Crippen molar-refractivity contribution in [2.45, 2.75) is 58.7 Å². The summed E-state index contributed by atoms with van der Waals surface area (Å²) in [6.07, 6.45) is 0.779. The molecule has 3 aromatic rings. The molecule has 5 rings (SSSR count). The highest BCUT2D eigenvalue weighted by atomic mass is 19.1. The number of amides is 1. The Morgan fingerprint density at radius 2 is 2.00 bits per heavy atom. The molecule has 8 nitrogen and oxygen atoms in total. The number of halogens is 1. The number of hydrogen-bond donors (Lipinski definition) is 2. The Hall–Kier alpha value is -3.04. The number of fused-ring (bicyclic) bond motifs is 1. The van der Waals surface area contributed by atoms with E-state index in [0.717, 1.165) is 29.1 Å². The number of phenols is 1. The Morgan fingerprint density at radius 3 is 2.69 bits per heavy atom. The maximum absolute atomic E-state index is 14.7. The minimum atomic E-state index is -0.537. The topological polar surface area (TPSA) is 94.6 Å². The zero-order chi connectivity index (χ0) is 25.8. The second-order valence-corrected chi connectivity index (χ2v) is 11.3. The summed E-state index contributed by atoms with van der Waals surface area (Å²) in [5.74, 6) is -0.562. The molecule has 192 valence electrons. The molecule has 4 heterocycles. The van der Waals surface area contributed by atoms with Crippen LogP contribution >= 0.6 is 0 Å². The highest BCUT2D eigenvalue weighted by Gasteiger charge is 2.47. The molecule has 1 unspecified atom stereocenters. The van der Waals surface area contributed by atoms with Crippen LogP contribution in [0, 0.1) is 18.7 Å². The maximum atomic E-state index is 14.7. The number of rotatable bonds is 4. The van der Waals surface area contributed by atoms with E-state index in [1.54, 1.807) is 0 Å². The summed E-state index contributed by atoms with van der Waals surface area (Å²) in [6, 6.07) is 5.99. The van der Waals surface area contributed by atoms with Crippen molar-refractivity contribution >= 4 is 16.9 Å². The summed E-state index contributed by atoms with van der Waals surface area (Å²) in [5, 5.41) is 17.9. The number of benzene rings is 1. The summed E-state index contributed by atoms with van der Waals surface area (Å²) < 4.78 is 20.2. The summed E-state index contributed by atoms with van der Waals surface area (Å²) in [6.45, 7) is 13.5. The molecule has 0 radical (unpaired) electrons. The smallest absolute Gasteiger partial charge is 0.228 e. The first-order chi connectivity index (χ1) is 17.0. The van der Waals surface area contributed by atoms with Gasteiger partial charge in [0.05, 0.1) is 23.8 Å². The van der Waals surface area contributed by atoms with E-state index in [4.69, 9.17) is 4.74 Å². The number of nitrogens with zero attached hydrogens (tertiary/aromatic N) is 4. The number of aromatic hydroxyl groups is 1. The molecule has 2 aliphatic rings. The molecule has 2 fully saturated rings. The SMILES string of the molecule is Cc1[nH]nc2nc(-c3ccc(O)cc3F)cc(CN3CC(C)(C)N(C(=O)C4CCOC4)CC3(C)C)c12. The Morgan fingerprint density at radius 1 is 1.22 bits per heavy atom. The van der Waals surface area contributed by atoms with Gasteiger partial charge in [0.2, 0.25) is 5.91 Å². The third-order valence-corrected chi connectivity index (χ3v) is 7.63. The number of aromatic amines is 1. The predicted molar refractivity (Wildman–Crippen MR) is 135 cm³/mol. The standard InChI is InChI=1S/C27H34FN5O3/c1-16-23-18(10-22(29-24(23)31-30-16)20-7-6-19(34)11-21(20)28)12-32-14-27(4,5)33(15-26(32,2)3)25(35)17-8-9-36-13-17/h6-7,10-11,17,34H,8-9,12-15H2,1-5H3,(H,29,30,31). The van der Waals surface area contributed by atoms with E-state index in [2.05, 4.69) is 47.8 Å². The second-order valence-electron chi connectivity index (χ2n) is 11.3. The van der Waals surface area contributed by atoms with Gasteiger partial charge in [-0.15, -0.1) is 0 Å². The van der Waals surface area contributed by atoms with Crippen LogP contribution in [0.2, 0.25) is 0 Å². The quantitative estimate of drug-likeness (QED) is 0.568. The number of nitrogens with one attached hydrogen (secondary N) is 1. The molecular weight excluding hydrogens is 461 g/mol. The van der Waals surface area contributed by atoms with E-state index < -0.39 is 5.82 Å². The minimum absolute atomic E-state index is 0.0669. The Bertz CT molecular complexity index is 1310. The fraction of sp³-hybridized carbons (Fsp3) is 0.519. The van der Waals surface area contributed by atoms with Gasteiger partial charge in [0.25, 0.3) is 0 Å². The summed E-state index contributed by atoms with van der Waals surface area (Å²) in [5.41, 5.74) is 2.54. The van der Waals surface area contributed by atoms with Crippen LogP contribution in [0.4, 0.5) is 4.39 Å². The Labute approximate surface area is 210 Å². The molecule has 2 aliphatic heterocycles. The Balaban J connectivity index is 1.49. The van der Waals surface area contributed by atoms with Crippen LogP contribution < -0.4 is 0 Å². The van der Waals surface area contributed by atoms with E-state index in [9.17, 15) is 14.3 Å². The largest absolute Gasteiger partial charge is 0.508 e. The van der Waals surface area contributed by atoms with Crippen molar-refractivity contribution in [2.75, 3.05) is 26.3 Å². The number of aryl methyl sites for hydroxylation is 1. The third-order valence-electron chi connectivity index (χ3n) is 7.63. The van der Waals surface area contributed by atoms with Crippen LogP contribution in [-0.2, 0) is 16.1 Å². The highest BCUT2D eigenvalue weighted by Crippen LogP contribution is 2.36. The van der Waals surface area contributed by atoms with Crippen molar-refractivity contribution in [3.8, 4) is 17.0 Å². The van der Waals surface area contributed by atoms with Crippen LogP contribution in [0.5, 0.6) is 5.75 Å². The van der Waals surface area contributed by atoms with Gasteiger partial charge in [-0.1, -0.05) is 0 Å². The van der Waals surface area contributed by atoms with E-state index in [1.807, 2.05) is 17.9 Å². The number of aromatic nitrogens is 3. The van der Waals surface area contributed by atoms with E-state index >= 15 is 0 Å². The van der Waals surface area contributed by atoms with Gasteiger partial charge < -0.3 is 14.7 Å². The van der Waals surface area contributed by atoms with Crippen LogP contribution in [0.25, 0.3) is 22.3 Å². The van der Waals surface area contributed by atoms with E-state index in [-0.39, 0.29) is 28.7 Å². The maximum Gasteiger partial charge on any atom is 0.228 e. The van der Waals surface area contributed by atoms with Gasteiger partial charge in [-0.3, -0.25) is 14.8 Å². The lowest BCUT2D eigenvalue weighted by Crippen LogP contribution is -2.69. The van der Waals surface area contributed by atoms with Crippen molar-refractivity contribution < 1.29 is 19.0 Å². The van der Waals surface area contributed by atoms with Crippen LogP contribution in [0.15, 0.2) is 24.3 Å². The van der Waals surface area contributed by atoms with Gasteiger partial charge in [-0.05, 0) is 64.8 Å². The van der Waals surface area contributed by atoms with Gasteiger partial charge in [0.15, 0.2) is 5.65 Å². The lowest BCUT2D eigenvalue weighted by molar-refractivity contribution is -0.152. The molecule has 0 saturated carbocycles. The molecule has 0 spiro atoms. The van der Waals surface area contributed by atoms with Crippen molar-refractivity contribution in [1.82, 2.24) is 25.0 Å². The van der Waals surface area contributed by atoms with Gasteiger partial charge >= 0.3 is 0 Å². The highest BCUT2D eigenvalue weighted by molar-refractivity contribution is 5.85. The van der Waals surface area contributed by atoms with Crippen LogP contribution in [-0.4, -0.2) is 73.4 Å². The lowest BCUT2D eigenvalue weighted by atomic mass is 9.86. The molecular formula is C27H34FN5O3. The zero-order valence-electron chi connectivity index (χ0n) is 21.6. The second kappa shape index (κ2) is 8.81. The average Bonchev–Trinajstić information content (AvgIpc) is 3.46. The van der Waals surface area contributed by atoms with Crippen LogP contribution in [0.1, 0.15) is 45.4 Å².